The first-order chi connectivity index (χ1) is 3.39. The lowest BCUT2D eigenvalue weighted by atomic mass is 10.4. The zero-order valence-corrected chi connectivity index (χ0v) is 4.61. The maximum Gasteiger partial charge on any atom is 0.112 e. The van der Waals surface area contributed by atoms with E-state index in [1.165, 1.54) is 0 Å². The van der Waals surface area contributed by atoms with Gasteiger partial charge in [0.1, 0.15) is 5.76 Å². The third kappa shape index (κ3) is 1.27. The van der Waals surface area contributed by atoms with Crippen LogP contribution in [-0.4, -0.2) is 10.9 Å². The van der Waals surface area contributed by atoms with Crippen LogP contribution in [0.25, 0.3) is 0 Å². The van der Waals surface area contributed by atoms with Crippen LogP contribution in [0.1, 0.15) is 0 Å². The van der Waals surface area contributed by atoms with Crippen molar-refractivity contribution in [1.82, 2.24) is 0 Å². The molecule has 1 rings (SSSR count). The van der Waals surface area contributed by atoms with E-state index in [-0.39, 0.29) is 0 Å². The van der Waals surface area contributed by atoms with Crippen molar-refractivity contribution in [2.24, 2.45) is 0 Å². The van der Waals surface area contributed by atoms with Crippen molar-refractivity contribution in [3.05, 3.63) is 23.3 Å². The second kappa shape index (κ2) is 2.07. The number of aliphatic hydroxyl groups excluding tert-OH is 1. The van der Waals surface area contributed by atoms with Gasteiger partial charge in [-0.2, -0.15) is 0 Å². The maximum atomic E-state index is 8.67. The van der Waals surface area contributed by atoms with Crippen molar-refractivity contribution in [3.8, 4) is 0 Å². The van der Waals surface area contributed by atoms with E-state index in [0.29, 0.717) is 5.76 Å². The van der Waals surface area contributed by atoms with Crippen LogP contribution >= 0.6 is 11.8 Å². The Morgan fingerprint density at radius 3 is 2.86 bits per heavy atom. The lowest BCUT2D eigenvalue weighted by Gasteiger charge is -1.95. The molecule has 0 unspecified atom stereocenters. The molecule has 1 heterocycles. The van der Waals surface area contributed by atoms with Crippen LogP contribution in [0, 0.1) is 0 Å². The van der Waals surface area contributed by atoms with E-state index in [9.17, 15) is 0 Å². The van der Waals surface area contributed by atoms with Gasteiger partial charge in [-0.1, -0.05) is 0 Å². The number of allylic oxidation sites excluding steroid dienone is 1. The fourth-order valence-corrected chi connectivity index (χ4v) is 0.989. The minimum absolute atomic E-state index is 0.388. The molecule has 0 aromatic heterocycles. The van der Waals surface area contributed by atoms with Gasteiger partial charge in [0.05, 0.1) is 0 Å². The Hall–Kier alpha value is -0.370. The highest BCUT2D eigenvalue weighted by molar-refractivity contribution is 8.02. The predicted octanol–water partition coefficient (Wildman–Crippen LogP) is 1.69. The fraction of sp³-hybridized carbons (Fsp3) is 0.200. The van der Waals surface area contributed by atoms with Gasteiger partial charge in [0.25, 0.3) is 0 Å². The first-order valence-electron chi connectivity index (χ1n) is 2.07. The second-order valence-electron chi connectivity index (χ2n) is 1.27. The molecule has 0 aromatic carbocycles. The topological polar surface area (TPSA) is 20.2 Å². The average Bonchev–Trinajstić information content (AvgIpc) is 1.69. The van der Waals surface area contributed by atoms with Crippen LogP contribution in [0.15, 0.2) is 23.3 Å². The van der Waals surface area contributed by atoms with Crippen molar-refractivity contribution in [2.75, 3.05) is 5.75 Å². The molecule has 0 saturated carbocycles. The molecule has 0 radical (unpaired) electrons. The summed E-state index contributed by atoms with van der Waals surface area (Å²) in [6, 6.07) is 0. The van der Waals surface area contributed by atoms with Gasteiger partial charge < -0.3 is 5.11 Å². The highest BCUT2D eigenvalue weighted by Crippen LogP contribution is 2.10. The first-order valence-corrected chi connectivity index (χ1v) is 3.12. The van der Waals surface area contributed by atoms with E-state index in [1.54, 1.807) is 23.9 Å². The van der Waals surface area contributed by atoms with E-state index < -0.39 is 0 Å². The summed E-state index contributed by atoms with van der Waals surface area (Å²) in [7, 11) is 0. The summed E-state index contributed by atoms with van der Waals surface area (Å²) in [4.78, 5) is 0. The van der Waals surface area contributed by atoms with Gasteiger partial charge in [0, 0.05) is 5.75 Å². The predicted molar refractivity (Wildman–Crippen MR) is 32.3 cm³/mol. The molecule has 1 aliphatic heterocycles. The van der Waals surface area contributed by atoms with Crippen LogP contribution in [0.2, 0.25) is 0 Å². The Morgan fingerprint density at radius 2 is 2.57 bits per heavy atom. The van der Waals surface area contributed by atoms with E-state index in [4.69, 9.17) is 5.11 Å². The first kappa shape index (κ1) is 4.78. The van der Waals surface area contributed by atoms with Crippen LogP contribution in [0.3, 0.4) is 0 Å². The molecule has 1 N–H and O–H groups in total. The molecule has 0 aromatic rings. The van der Waals surface area contributed by atoms with Crippen LogP contribution in [0.5, 0.6) is 0 Å². The highest BCUT2D eigenvalue weighted by Gasteiger charge is 1.89. The Bertz CT molecular complexity index is 115. The summed E-state index contributed by atoms with van der Waals surface area (Å²) in [6.45, 7) is 0. The van der Waals surface area contributed by atoms with Gasteiger partial charge in [0.2, 0.25) is 0 Å². The van der Waals surface area contributed by atoms with Crippen LogP contribution in [0.4, 0.5) is 0 Å². The largest absolute Gasteiger partial charge is 0.508 e. The van der Waals surface area contributed by atoms with Crippen molar-refractivity contribution in [3.63, 3.8) is 0 Å². The van der Waals surface area contributed by atoms with Gasteiger partial charge in [-0.3, -0.25) is 0 Å². The molecule has 0 atom stereocenters. The quantitative estimate of drug-likeness (QED) is 0.517. The second-order valence-corrected chi connectivity index (χ2v) is 2.20. The third-order valence-corrected chi connectivity index (χ3v) is 1.41. The molecule has 0 spiro atoms. The van der Waals surface area contributed by atoms with Crippen molar-refractivity contribution >= 4 is 11.8 Å². The smallest absolute Gasteiger partial charge is 0.112 e. The molecule has 38 valence electrons. The molecule has 0 bridgehead atoms. The standard InChI is InChI=1S/C5H6OS/c6-5-1-3-7-4-2-5/h1-3,6H,4H2. The lowest BCUT2D eigenvalue weighted by Crippen LogP contribution is -1.80. The molecule has 1 aliphatic rings. The van der Waals surface area contributed by atoms with E-state index in [2.05, 4.69) is 0 Å². The SMILES string of the molecule is OC1=CCSC=C1. The molecular formula is C5H6OS. The Morgan fingerprint density at radius 1 is 1.71 bits per heavy atom. The molecule has 2 heteroatoms. The summed E-state index contributed by atoms with van der Waals surface area (Å²) in [5.41, 5.74) is 0. The molecular weight excluding hydrogens is 108 g/mol. The monoisotopic (exact) mass is 114 g/mol. The minimum Gasteiger partial charge on any atom is -0.508 e. The molecule has 0 saturated heterocycles. The van der Waals surface area contributed by atoms with E-state index in [1.807, 2.05) is 5.41 Å². The van der Waals surface area contributed by atoms with Gasteiger partial charge in [-0.15, -0.1) is 11.8 Å². The Balaban J connectivity index is 2.58. The van der Waals surface area contributed by atoms with Gasteiger partial charge in [0.15, 0.2) is 0 Å². The molecule has 0 aliphatic carbocycles. The number of hydrogen-bond donors (Lipinski definition) is 1. The zero-order chi connectivity index (χ0) is 5.11. The average molecular weight is 114 g/mol. The molecule has 1 nitrogen and oxygen atoms in total. The number of hydrogen-bond acceptors (Lipinski definition) is 2. The van der Waals surface area contributed by atoms with Gasteiger partial charge in [-0.25, -0.2) is 0 Å². The van der Waals surface area contributed by atoms with Crippen molar-refractivity contribution < 1.29 is 5.11 Å². The lowest BCUT2D eigenvalue weighted by molar-refractivity contribution is 0.431. The van der Waals surface area contributed by atoms with Crippen molar-refractivity contribution in [1.29, 1.82) is 0 Å². The number of rotatable bonds is 0. The van der Waals surface area contributed by atoms with Gasteiger partial charge >= 0.3 is 0 Å². The summed E-state index contributed by atoms with van der Waals surface area (Å²) < 4.78 is 0. The summed E-state index contributed by atoms with van der Waals surface area (Å²) in [5.74, 6) is 1.29. The van der Waals surface area contributed by atoms with Crippen LogP contribution in [-0.2, 0) is 0 Å². The minimum atomic E-state index is 0.388. The van der Waals surface area contributed by atoms with Crippen molar-refractivity contribution in [2.45, 2.75) is 0 Å². The number of thioether (sulfide) groups is 1. The summed E-state index contributed by atoms with van der Waals surface area (Å²) in [5, 5.41) is 10.6. The zero-order valence-electron chi connectivity index (χ0n) is 3.79. The normalized spacial score (nSPS) is 19.1. The molecule has 0 amide bonds. The Kier molecular flexibility index (Phi) is 1.42. The van der Waals surface area contributed by atoms with Gasteiger partial charge in [-0.05, 0) is 17.6 Å². The highest BCUT2D eigenvalue weighted by atomic mass is 32.2. The van der Waals surface area contributed by atoms with E-state index in [0.717, 1.165) is 5.75 Å². The molecule has 0 fully saturated rings. The van der Waals surface area contributed by atoms with E-state index >= 15 is 0 Å². The fourth-order valence-electron chi connectivity index (χ4n) is 0.375. The molecule has 7 heavy (non-hydrogen) atoms. The summed E-state index contributed by atoms with van der Waals surface area (Å²) in [6.07, 6.45) is 3.47. The summed E-state index contributed by atoms with van der Waals surface area (Å²) >= 11 is 1.68. The van der Waals surface area contributed by atoms with Crippen LogP contribution < -0.4 is 0 Å². The maximum absolute atomic E-state index is 8.67. The number of aliphatic hydroxyl groups is 1. The Labute approximate surface area is 46.7 Å². The third-order valence-electron chi connectivity index (χ3n) is 0.724.